The summed E-state index contributed by atoms with van der Waals surface area (Å²) in [5.41, 5.74) is 0.320. The van der Waals surface area contributed by atoms with Crippen LogP contribution >= 0.6 is 0 Å². The molecule has 0 aromatic heterocycles. The molecule has 8 heteroatoms. The normalized spacial score (nSPS) is 16.6. The first kappa shape index (κ1) is 24.3. The number of hydroxylamine groups is 3. The number of hydrogen-bond donors (Lipinski definition) is 0. The highest BCUT2D eigenvalue weighted by Gasteiger charge is 2.59. The van der Waals surface area contributed by atoms with Gasteiger partial charge in [0.15, 0.2) is 5.54 Å². The molecule has 0 fully saturated rings. The van der Waals surface area contributed by atoms with E-state index < -0.39 is 21.2 Å². The molecule has 0 unspecified atom stereocenters. The van der Waals surface area contributed by atoms with E-state index in [1.807, 2.05) is 6.92 Å². The fraction of sp³-hybridized carbons (Fsp3) is 0.320. The molecule has 0 aliphatic carbocycles. The Bertz CT molecular complexity index is 1300. The minimum absolute atomic E-state index is 0.0660. The van der Waals surface area contributed by atoms with Crippen molar-refractivity contribution in [1.29, 1.82) is 0 Å². The van der Waals surface area contributed by atoms with Crippen LogP contribution in [0.25, 0.3) is 0 Å². The van der Waals surface area contributed by atoms with Gasteiger partial charge in [0.1, 0.15) is 12.1 Å². The second kappa shape index (κ2) is 8.92. The molecule has 0 bridgehead atoms. The van der Waals surface area contributed by atoms with Crippen LogP contribution in [0.1, 0.15) is 44.4 Å². The highest BCUT2D eigenvalue weighted by molar-refractivity contribution is 7.86. The Kier molecular flexibility index (Phi) is 6.58. The van der Waals surface area contributed by atoms with E-state index in [1.54, 1.807) is 64.1 Å². The van der Waals surface area contributed by atoms with Crippen LogP contribution in [0.2, 0.25) is 0 Å². The largest absolute Gasteiger partial charge is 0.714 e. The van der Waals surface area contributed by atoms with Crippen LogP contribution in [0.4, 0.5) is 0 Å². The van der Waals surface area contributed by atoms with Crippen molar-refractivity contribution >= 4 is 16.0 Å². The van der Waals surface area contributed by atoms with Gasteiger partial charge in [0.2, 0.25) is 0 Å². The Morgan fingerprint density at radius 1 is 1.00 bits per heavy atom. The van der Waals surface area contributed by atoms with Crippen LogP contribution in [0.5, 0.6) is 0 Å². The zero-order valence-corrected chi connectivity index (χ0v) is 20.0. The van der Waals surface area contributed by atoms with Crippen LogP contribution in [0.15, 0.2) is 53.4 Å². The lowest BCUT2D eigenvalue weighted by atomic mass is 9.84. The summed E-state index contributed by atoms with van der Waals surface area (Å²) >= 11 is 0. The van der Waals surface area contributed by atoms with E-state index in [9.17, 15) is 18.8 Å². The van der Waals surface area contributed by atoms with Gasteiger partial charge in [-0.3, -0.25) is 8.92 Å². The van der Waals surface area contributed by atoms with Gasteiger partial charge in [0, 0.05) is 10.8 Å². The van der Waals surface area contributed by atoms with Gasteiger partial charge >= 0.3 is 5.84 Å². The minimum Gasteiger partial charge on any atom is -0.714 e. The summed E-state index contributed by atoms with van der Waals surface area (Å²) in [5.74, 6) is 10.6. The molecular weight excluding hydrogens is 440 g/mol. The SMILES string of the molecule is Cc1ccc(S(=O)(=O)OCC#CC#Cc2ccc(C3=[N+]([O-])C(C)(C)C(C)(C)N3[O])cc2)cc1. The third-order valence-electron chi connectivity index (χ3n) is 5.99. The summed E-state index contributed by atoms with van der Waals surface area (Å²) in [7, 11) is -3.87. The van der Waals surface area contributed by atoms with Gasteiger partial charge in [0.25, 0.3) is 10.1 Å². The Balaban J connectivity index is 1.65. The lowest BCUT2D eigenvalue weighted by Gasteiger charge is -2.32. The summed E-state index contributed by atoms with van der Waals surface area (Å²) in [6, 6.07) is 13.0. The molecule has 2 aromatic carbocycles. The number of hydrogen-bond acceptors (Lipinski definition) is 5. The van der Waals surface area contributed by atoms with Gasteiger partial charge in [0.05, 0.1) is 10.5 Å². The van der Waals surface area contributed by atoms with Crippen LogP contribution in [0.3, 0.4) is 0 Å². The molecule has 7 nitrogen and oxygen atoms in total. The number of nitrogens with zero attached hydrogens (tertiary/aromatic N) is 2. The summed E-state index contributed by atoms with van der Waals surface area (Å²) in [6.45, 7) is 8.52. The maximum absolute atomic E-state index is 12.7. The molecule has 0 saturated carbocycles. The zero-order chi connectivity index (χ0) is 24.4. The summed E-state index contributed by atoms with van der Waals surface area (Å²) in [4.78, 5) is 0.0706. The predicted octanol–water partition coefficient (Wildman–Crippen LogP) is 3.23. The molecule has 2 aromatic rings. The maximum Gasteiger partial charge on any atom is 0.316 e. The zero-order valence-electron chi connectivity index (χ0n) is 19.2. The lowest BCUT2D eigenvalue weighted by Crippen LogP contribution is -2.53. The number of rotatable bonds is 4. The first-order valence-corrected chi connectivity index (χ1v) is 11.7. The quantitative estimate of drug-likeness (QED) is 0.299. The van der Waals surface area contributed by atoms with Crippen molar-refractivity contribution in [3.8, 4) is 23.7 Å². The average Bonchev–Trinajstić information content (AvgIpc) is 2.88. The summed E-state index contributed by atoms with van der Waals surface area (Å²) in [5, 5.41) is 26.2. The van der Waals surface area contributed by atoms with Gasteiger partial charge in [-0.2, -0.15) is 8.42 Å². The molecular formula is C25H25N2O5S. The van der Waals surface area contributed by atoms with Crippen LogP contribution < -0.4 is 0 Å². The number of amidine groups is 1. The average molecular weight is 466 g/mol. The van der Waals surface area contributed by atoms with Crippen molar-refractivity contribution in [3.63, 3.8) is 0 Å². The molecule has 0 N–H and O–H groups in total. The monoisotopic (exact) mass is 465 g/mol. The smallest absolute Gasteiger partial charge is 0.316 e. The van der Waals surface area contributed by atoms with E-state index in [2.05, 4.69) is 23.7 Å². The molecule has 0 amide bonds. The standard InChI is InChI=1S/C25H25N2O5S/c1-19-10-16-22(17-11-19)33(30,31)32-18-8-6-7-9-20-12-14-21(15-13-20)23-26(28)24(2,3)25(4,5)27(23)29/h10-17H,18H2,1-5H3. The topological polar surface area (TPSA) is 92.6 Å². The molecule has 1 radical (unpaired) electrons. The van der Waals surface area contributed by atoms with E-state index in [0.717, 1.165) is 15.4 Å². The molecule has 3 rings (SSSR count). The highest BCUT2D eigenvalue weighted by atomic mass is 32.2. The minimum atomic E-state index is -3.87. The van der Waals surface area contributed by atoms with Gasteiger partial charge in [-0.25, -0.2) is 0 Å². The second-order valence-corrected chi connectivity index (χ2v) is 10.3. The second-order valence-electron chi connectivity index (χ2n) is 8.69. The van der Waals surface area contributed by atoms with Crippen molar-refractivity contribution in [3.05, 3.63) is 70.4 Å². The van der Waals surface area contributed by atoms with E-state index in [4.69, 9.17) is 4.18 Å². The van der Waals surface area contributed by atoms with Gasteiger partial charge < -0.3 is 5.21 Å². The van der Waals surface area contributed by atoms with Crippen molar-refractivity contribution in [2.45, 2.75) is 50.6 Å². The molecule has 1 aliphatic rings. The number of benzene rings is 2. The van der Waals surface area contributed by atoms with E-state index in [1.165, 1.54) is 12.1 Å². The molecule has 0 atom stereocenters. The lowest BCUT2D eigenvalue weighted by molar-refractivity contribution is -0.539. The Hall–Kier alpha value is -3.30. The van der Waals surface area contributed by atoms with E-state index in [0.29, 0.717) is 11.1 Å². The molecule has 33 heavy (non-hydrogen) atoms. The van der Waals surface area contributed by atoms with Crippen molar-refractivity contribution < 1.29 is 22.5 Å². The molecule has 0 spiro atoms. The molecule has 171 valence electrons. The van der Waals surface area contributed by atoms with Gasteiger partial charge in [-0.05, 0) is 82.9 Å². The fourth-order valence-electron chi connectivity index (χ4n) is 3.11. The maximum atomic E-state index is 12.7. The Morgan fingerprint density at radius 3 is 2.15 bits per heavy atom. The third-order valence-corrected chi connectivity index (χ3v) is 7.27. The highest BCUT2D eigenvalue weighted by Crippen LogP contribution is 2.37. The van der Waals surface area contributed by atoms with Gasteiger partial charge in [-0.1, -0.05) is 34.6 Å². The molecule has 1 aliphatic heterocycles. The van der Waals surface area contributed by atoms with Crippen molar-refractivity contribution in [1.82, 2.24) is 5.06 Å². The summed E-state index contributed by atoms with van der Waals surface area (Å²) < 4.78 is 29.8. The van der Waals surface area contributed by atoms with E-state index in [-0.39, 0.29) is 17.3 Å². The van der Waals surface area contributed by atoms with Crippen molar-refractivity contribution in [2.75, 3.05) is 6.61 Å². The molecule has 0 saturated heterocycles. The number of aryl methyl sites for hydroxylation is 1. The van der Waals surface area contributed by atoms with E-state index >= 15 is 0 Å². The van der Waals surface area contributed by atoms with Gasteiger partial charge in [-0.15, -0.1) is 0 Å². The first-order valence-electron chi connectivity index (χ1n) is 10.2. The predicted molar refractivity (Wildman–Crippen MR) is 124 cm³/mol. The van der Waals surface area contributed by atoms with Crippen LogP contribution in [-0.2, 0) is 19.5 Å². The van der Waals surface area contributed by atoms with Crippen molar-refractivity contribution in [2.24, 2.45) is 0 Å². The fourth-order valence-corrected chi connectivity index (χ4v) is 3.93. The first-order chi connectivity index (χ1) is 15.4. The van der Waals surface area contributed by atoms with Crippen LogP contribution in [-0.4, -0.2) is 41.7 Å². The Morgan fingerprint density at radius 2 is 1.61 bits per heavy atom. The summed E-state index contributed by atoms with van der Waals surface area (Å²) in [6.07, 6.45) is 0. The van der Waals surface area contributed by atoms with Crippen LogP contribution in [0, 0.1) is 35.8 Å². The Labute approximate surface area is 195 Å². The molecule has 1 heterocycles. The third kappa shape index (κ3) is 4.74.